The van der Waals surface area contributed by atoms with E-state index in [1.165, 1.54) is 4.90 Å². The van der Waals surface area contributed by atoms with Gasteiger partial charge in [-0.2, -0.15) is 0 Å². The standard InChI is InChI=1S/C12H21NO2S/c1-10-11(5-7-15-10)16-8-4-3-6-12(2,14)9-13/h5,7,14H,3-4,6,8-9,13H2,1-2H3. The molecular formula is C12H21NO2S. The summed E-state index contributed by atoms with van der Waals surface area (Å²) in [6.45, 7) is 4.10. The second-order valence-corrected chi connectivity index (χ2v) is 5.48. The maximum atomic E-state index is 9.70. The van der Waals surface area contributed by atoms with E-state index in [0.717, 1.165) is 30.8 Å². The topological polar surface area (TPSA) is 59.4 Å². The van der Waals surface area contributed by atoms with Crippen LogP contribution in [0.3, 0.4) is 0 Å². The highest BCUT2D eigenvalue weighted by Gasteiger charge is 2.16. The molecule has 1 aromatic heterocycles. The van der Waals surface area contributed by atoms with Crippen molar-refractivity contribution in [1.29, 1.82) is 0 Å². The van der Waals surface area contributed by atoms with Crippen LogP contribution in [0.25, 0.3) is 0 Å². The van der Waals surface area contributed by atoms with Gasteiger partial charge in [-0.3, -0.25) is 0 Å². The van der Waals surface area contributed by atoms with Crippen molar-refractivity contribution in [2.24, 2.45) is 5.73 Å². The molecule has 3 N–H and O–H groups in total. The molecule has 0 saturated heterocycles. The molecule has 0 amide bonds. The van der Waals surface area contributed by atoms with Crippen molar-refractivity contribution in [3.8, 4) is 0 Å². The first-order valence-electron chi connectivity index (χ1n) is 5.64. The fourth-order valence-corrected chi connectivity index (χ4v) is 2.39. The van der Waals surface area contributed by atoms with E-state index >= 15 is 0 Å². The molecule has 1 atom stereocenters. The lowest BCUT2D eigenvalue weighted by Gasteiger charge is -2.20. The minimum absolute atomic E-state index is 0.334. The molecule has 0 spiro atoms. The Kier molecular flexibility index (Phi) is 5.38. The van der Waals surface area contributed by atoms with Gasteiger partial charge in [-0.1, -0.05) is 0 Å². The molecule has 0 radical (unpaired) electrons. The average molecular weight is 243 g/mol. The summed E-state index contributed by atoms with van der Waals surface area (Å²) in [5, 5.41) is 9.70. The minimum Gasteiger partial charge on any atom is -0.468 e. The molecule has 1 heterocycles. The van der Waals surface area contributed by atoms with Gasteiger partial charge in [-0.05, 0) is 44.9 Å². The SMILES string of the molecule is Cc1occc1SCCCCC(C)(O)CN. The number of aryl methyl sites for hydroxylation is 1. The van der Waals surface area contributed by atoms with Gasteiger partial charge in [0.2, 0.25) is 0 Å². The largest absolute Gasteiger partial charge is 0.468 e. The molecule has 1 aromatic rings. The molecule has 4 heteroatoms. The Morgan fingerprint density at radius 2 is 2.25 bits per heavy atom. The number of nitrogens with two attached hydrogens (primary N) is 1. The number of furan rings is 1. The van der Waals surface area contributed by atoms with Crippen molar-refractivity contribution in [3.05, 3.63) is 18.1 Å². The monoisotopic (exact) mass is 243 g/mol. The fraction of sp³-hybridized carbons (Fsp3) is 0.667. The molecule has 0 saturated carbocycles. The van der Waals surface area contributed by atoms with Crippen molar-refractivity contribution in [2.75, 3.05) is 12.3 Å². The van der Waals surface area contributed by atoms with E-state index in [1.807, 2.05) is 13.0 Å². The summed E-state index contributed by atoms with van der Waals surface area (Å²) in [5.41, 5.74) is 4.75. The van der Waals surface area contributed by atoms with E-state index < -0.39 is 5.60 Å². The number of hydrogen-bond donors (Lipinski definition) is 2. The first kappa shape index (κ1) is 13.6. The molecule has 0 bridgehead atoms. The van der Waals surface area contributed by atoms with E-state index in [9.17, 15) is 5.11 Å². The second-order valence-electron chi connectivity index (χ2n) is 4.35. The Morgan fingerprint density at radius 1 is 1.50 bits per heavy atom. The van der Waals surface area contributed by atoms with E-state index in [4.69, 9.17) is 10.2 Å². The van der Waals surface area contributed by atoms with Gasteiger partial charge in [-0.25, -0.2) is 0 Å². The lowest BCUT2D eigenvalue weighted by atomic mass is 10.00. The Bertz CT molecular complexity index is 310. The van der Waals surface area contributed by atoms with Gasteiger partial charge in [0.05, 0.1) is 11.9 Å². The molecule has 0 aliphatic carbocycles. The normalized spacial score (nSPS) is 15.0. The molecule has 3 nitrogen and oxygen atoms in total. The molecule has 0 aromatic carbocycles. The second kappa shape index (κ2) is 6.33. The van der Waals surface area contributed by atoms with E-state index in [0.29, 0.717) is 6.54 Å². The highest BCUT2D eigenvalue weighted by molar-refractivity contribution is 7.99. The van der Waals surface area contributed by atoms with Gasteiger partial charge >= 0.3 is 0 Å². The van der Waals surface area contributed by atoms with Crippen molar-refractivity contribution in [1.82, 2.24) is 0 Å². The van der Waals surface area contributed by atoms with Crippen LogP contribution in [0, 0.1) is 6.92 Å². The number of hydrogen-bond acceptors (Lipinski definition) is 4. The summed E-state index contributed by atoms with van der Waals surface area (Å²) in [6, 6.07) is 2.00. The molecule has 0 aliphatic rings. The lowest BCUT2D eigenvalue weighted by molar-refractivity contribution is 0.0577. The molecule has 92 valence electrons. The third-order valence-electron chi connectivity index (χ3n) is 2.62. The zero-order valence-electron chi connectivity index (χ0n) is 10.0. The van der Waals surface area contributed by atoms with Crippen LogP contribution < -0.4 is 5.73 Å². The maximum absolute atomic E-state index is 9.70. The molecule has 16 heavy (non-hydrogen) atoms. The predicted molar refractivity (Wildman–Crippen MR) is 67.7 cm³/mol. The van der Waals surface area contributed by atoms with Crippen LogP contribution >= 0.6 is 11.8 Å². The van der Waals surface area contributed by atoms with E-state index in [2.05, 4.69) is 0 Å². The van der Waals surface area contributed by atoms with Gasteiger partial charge in [0, 0.05) is 11.4 Å². The van der Waals surface area contributed by atoms with Gasteiger partial charge in [0.15, 0.2) is 0 Å². The number of aliphatic hydroxyl groups is 1. The summed E-state index contributed by atoms with van der Waals surface area (Å²) < 4.78 is 5.22. The van der Waals surface area contributed by atoms with Crippen molar-refractivity contribution in [2.45, 2.75) is 43.6 Å². The highest BCUT2D eigenvalue weighted by atomic mass is 32.2. The van der Waals surface area contributed by atoms with Crippen LogP contribution in [0.1, 0.15) is 31.9 Å². The molecule has 0 aliphatic heterocycles. The summed E-state index contributed by atoms with van der Waals surface area (Å²) in [6.07, 6.45) is 4.59. The average Bonchev–Trinajstić information content (AvgIpc) is 2.64. The molecule has 1 rings (SSSR count). The van der Waals surface area contributed by atoms with Gasteiger partial charge in [0.25, 0.3) is 0 Å². The van der Waals surface area contributed by atoms with Gasteiger partial charge in [-0.15, -0.1) is 11.8 Å². The fourth-order valence-electron chi connectivity index (χ4n) is 1.42. The van der Waals surface area contributed by atoms with Crippen LogP contribution in [0.15, 0.2) is 21.6 Å². The summed E-state index contributed by atoms with van der Waals surface area (Å²) >= 11 is 1.81. The quantitative estimate of drug-likeness (QED) is 0.571. The third kappa shape index (κ3) is 4.60. The highest BCUT2D eigenvalue weighted by Crippen LogP contribution is 2.24. The Morgan fingerprint density at radius 3 is 2.81 bits per heavy atom. The summed E-state index contributed by atoms with van der Waals surface area (Å²) in [5.74, 6) is 2.04. The van der Waals surface area contributed by atoms with E-state index in [1.54, 1.807) is 24.9 Å². The first-order valence-corrected chi connectivity index (χ1v) is 6.63. The Balaban J connectivity index is 2.11. The van der Waals surface area contributed by atoms with Crippen LogP contribution in [-0.2, 0) is 0 Å². The lowest BCUT2D eigenvalue weighted by Crippen LogP contribution is -2.33. The zero-order chi connectivity index (χ0) is 12.0. The van der Waals surface area contributed by atoms with Crippen LogP contribution in [-0.4, -0.2) is 23.0 Å². The van der Waals surface area contributed by atoms with Crippen molar-refractivity contribution in [3.63, 3.8) is 0 Å². The molecular weight excluding hydrogens is 222 g/mol. The Hall–Kier alpha value is -0.450. The smallest absolute Gasteiger partial charge is 0.114 e. The molecule has 1 unspecified atom stereocenters. The van der Waals surface area contributed by atoms with E-state index in [-0.39, 0.29) is 0 Å². The first-order chi connectivity index (χ1) is 7.55. The number of thioether (sulfide) groups is 1. The van der Waals surface area contributed by atoms with Crippen LogP contribution in [0.4, 0.5) is 0 Å². The zero-order valence-corrected chi connectivity index (χ0v) is 10.8. The maximum Gasteiger partial charge on any atom is 0.114 e. The number of unbranched alkanes of at least 4 members (excludes halogenated alkanes) is 1. The summed E-state index contributed by atoms with van der Waals surface area (Å²) in [4.78, 5) is 1.21. The predicted octanol–water partition coefficient (Wildman–Crippen LogP) is 2.56. The van der Waals surface area contributed by atoms with Crippen molar-refractivity contribution >= 4 is 11.8 Å². The third-order valence-corrected chi connectivity index (χ3v) is 3.85. The number of rotatable bonds is 7. The van der Waals surface area contributed by atoms with Gasteiger partial charge in [0.1, 0.15) is 5.76 Å². The van der Waals surface area contributed by atoms with Crippen LogP contribution in [0.5, 0.6) is 0 Å². The minimum atomic E-state index is -0.698. The van der Waals surface area contributed by atoms with Crippen molar-refractivity contribution < 1.29 is 9.52 Å². The Labute approximate surface area is 101 Å². The summed E-state index contributed by atoms with van der Waals surface area (Å²) in [7, 11) is 0. The molecule has 0 fully saturated rings. The van der Waals surface area contributed by atoms with Crippen LogP contribution in [0.2, 0.25) is 0 Å². The van der Waals surface area contributed by atoms with Gasteiger partial charge < -0.3 is 15.3 Å².